The molecule has 1 N–H and O–H groups in total. The third kappa shape index (κ3) is 1.84. The second kappa shape index (κ2) is 4.00. The zero-order valence-corrected chi connectivity index (χ0v) is 8.43. The molecular formula is C7H11BrN2O2. The minimum atomic E-state index is -0.132. The fraction of sp³-hybridized carbons (Fsp3) is 0.714. The second-order valence-electron chi connectivity index (χ2n) is 2.87. The molecule has 0 aromatic carbocycles. The molecule has 4 nitrogen and oxygen atoms in total. The average molecular weight is 235 g/mol. The standard InChI is InChI=1S/C7H11BrN2O2/c1-5-4-6(11)10(7(5)12)3-2-9-8/h5,9H,2-4H2,1H3. The van der Waals surface area contributed by atoms with Crippen LogP contribution in [0.25, 0.3) is 0 Å². The first kappa shape index (κ1) is 9.67. The Hall–Kier alpha value is -0.420. The Morgan fingerprint density at radius 3 is 2.75 bits per heavy atom. The SMILES string of the molecule is CC1CC(=O)N(CCNBr)C1=O. The van der Waals surface area contributed by atoms with Crippen LogP contribution in [0.5, 0.6) is 0 Å². The molecule has 1 fully saturated rings. The topological polar surface area (TPSA) is 49.4 Å². The lowest BCUT2D eigenvalue weighted by atomic mass is 10.1. The molecule has 0 aromatic rings. The molecule has 0 radical (unpaired) electrons. The molecule has 0 aromatic heterocycles. The van der Waals surface area contributed by atoms with Crippen molar-refractivity contribution in [2.75, 3.05) is 13.1 Å². The summed E-state index contributed by atoms with van der Waals surface area (Å²) in [4.78, 5) is 23.8. The zero-order chi connectivity index (χ0) is 9.14. The number of nitrogens with zero attached hydrogens (tertiary/aromatic N) is 1. The fourth-order valence-corrected chi connectivity index (χ4v) is 1.41. The summed E-state index contributed by atoms with van der Waals surface area (Å²) in [6.45, 7) is 2.82. The molecule has 1 unspecified atom stereocenters. The van der Waals surface area contributed by atoms with Gasteiger partial charge in [0.1, 0.15) is 0 Å². The number of imide groups is 1. The first-order valence-corrected chi connectivity index (χ1v) is 4.64. The minimum Gasteiger partial charge on any atom is -0.281 e. The first-order valence-electron chi connectivity index (χ1n) is 3.84. The van der Waals surface area contributed by atoms with Crippen molar-refractivity contribution in [2.24, 2.45) is 5.92 Å². The highest BCUT2D eigenvalue weighted by atomic mass is 79.9. The first-order chi connectivity index (χ1) is 5.66. The van der Waals surface area contributed by atoms with Crippen molar-refractivity contribution in [1.82, 2.24) is 9.24 Å². The van der Waals surface area contributed by atoms with Crippen LogP contribution in [-0.2, 0) is 9.59 Å². The molecule has 0 saturated carbocycles. The Kier molecular flexibility index (Phi) is 3.22. The van der Waals surface area contributed by atoms with E-state index in [-0.39, 0.29) is 17.7 Å². The van der Waals surface area contributed by atoms with Crippen molar-refractivity contribution in [3.8, 4) is 0 Å². The van der Waals surface area contributed by atoms with Gasteiger partial charge in [-0.05, 0) is 0 Å². The maximum absolute atomic E-state index is 11.3. The van der Waals surface area contributed by atoms with E-state index in [1.54, 1.807) is 6.92 Å². The molecule has 1 heterocycles. The van der Waals surface area contributed by atoms with E-state index in [0.29, 0.717) is 19.5 Å². The van der Waals surface area contributed by atoms with Crippen molar-refractivity contribution in [1.29, 1.82) is 0 Å². The van der Waals surface area contributed by atoms with E-state index in [1.165, 1.54) is 4.90 Å². The van der Waals surface area contributed by atoms with Crippen molar-refractivity contribution < 1.29 is 9.59 Å². The predicted molar refractivity (Wildman–Crippen MR) is 47.4 cm³/mol. The number of amides is 2. The smallest absolute Gasteiger partial charge is 0.232 e. The summed E-state index contributed by atoms with van der Waals surface area (Å²) >= 11 is 3.01. The quantitative estimate of drug-likeness (QED) is 0.564. The summed E-state index contributed by atoms with van der Waals surface area (Å²) in [5, 5.41) is 0. The number of carbonyl (C=O) groups excluding carboxylic acids is 2. The molecule has 1 rings (SSSR count). The number of likely N-dealkylation sites (tertiary alicyclic amines) is 1. The van der Waals surface area contributed by atoms with E-state index >= 15 is 0 Å². The van der Waals surface area contributed by atoms with E-state index in [1.807, 2.05) is 0 Å². The lowest BCUT2D eigenvalue weighted by Gasteiger charge is -2.12. The van der Waals surface area contributed by atoms with Crippen LogP contribution in [0.3, 0.4) is 0 Å². The van der Waals surface area contributed by atoms with Gasteiger partial charge in [0.05, 0.1) is 0 Å². The Labute approximate surface area is 79.6 Å². The van der Waals surface area contributed by atoms with Gasteiger partial charge in [-0.15, -0.1) is 0 Å². The van der Waals surface area contributed by atoms with Crippen LogP contribution < -0.4 is 4.34 Å². The molecule has 0 spiro atoms. The average Bonchev–Trinajstić information content (AvgIpc) is 2.25. The van der Waals surface area contributed by atoms with Gasteiger partial charge in [-0.2, -0.15) is 0 Å². The highest BCUT2D eigenvalue weighted by Crippen LogP contribution is 2.17. The van der Waals surface area contributed by atoms with Crippen molar-refractivity contribution in [2.45, 2.75) is 13.3 Å². The molecule has 68 valence electrons. The Balaban J connectivity index is 2.52. The molecular weight excluding hydrogens is 224 g/mol. The Morgan fingerprint density at radius 2 is 2.33 bits per heavy atom. The van der Waals surface area contributed by atoms with Crippen LogP contribution in [0.15, 0.2) is 0 Å². The van der Waals surface area contributed by atoms with Crippen LogP contribution >= 0.6 is 16.1 Å². The molecule has 0 bridgehead atoms. The highest BCUT2D eigenvalue weighted by Gasteiger charge is 2.34. The highest BCUT2D eigenvalue weighted by molar-refractivity contribution is 9.08. The van der Waals surface area contributed by atoms with Crippen molar-refractivity contribution in [3.63, 3.8) is 0 Å². The maximum Gasteiger partial charge on any atom is 0.232 e. The lowest BCUT2D eigenvalue weighted by molar-refractivity contribution is -0.139. The summed E-state index contributed by atoms with van der Waals surface area (Å²) in [5.74, 6) is -0.245. The Bertz CT molecular complexity index is 208. The Morgan fingerprint density at radius 1 is 1.67 bits per heavy atom. The number of halogens is 1. The number of nitrogens with one attached hydrogen (secondary N) is 1. The largest absolute Gasteiger partial charge is 0.281 e. The minimum absolute atomic E-state index is 0.0530. The molecule has 0 aliphatic carbocycles. The zero-order valence-electron chi connectivity index (χ0n) is 6.84. The van der Waals surface area contributed by atoms with Gasteiger partial charge in [0.2, 0.25) is 11.8 Å². The summed E-state index contributed by atoms with van der Waals surface area (Å²) in [5.41, 5.74) is 0. The number of carbonyl (C=O) groups is 2. The van der Waals surface area contributed by atoms with Crippen LogP contribution in [0.1, 0.15) is 13.3 Å². The van der Waals surface area contributed by atoms with Crippen molar-refractivity contribution >= 4 is 28.0 Å². The lowest BCUT2D eigenvalue weighted by Crippen LogP contribution is -2.34. The summed E-state index contributed by atoms with van der Waals surface area (Å²) < 4.78 is 2.72. The van der Waals surface area contributed by atoms with E-state index in [2.05, 4.69) is 20.5 Å². The van der Waals surface area contributed by atoms with Crippen LogP contribution in [-0.4, -0.2) is 29.8 Å². The maximum atomic E-state index is 11.3. The molecule has 1 atom stereocenters. The van der Waals surface area contributed by atoms with Crippen LogP contribution in [0, 0.1) is 5.92 Å². The van der Waals surface area contributed by atoms with E-state index in [4.69, 9.17) is 0 Å². The van der Waals surface area contributed by atoms with Gasteiger partial charge in [0.25, 0.3) is 0 Å². The molecule has 1 aliphatic rings. The van der Waals surface area contributed by atoms with Gasteiger partial charge in [-0.25, -0.2) is 0 Å². The molecule has 5 heteroatoms. The number of hydrogen-bond acceptors (Lipinski definition) is 3. The predicted octanol–water partition coefficient (Wildman–Crippen LogP) is 0.281. The second-order valence-corrected chi connectivity index (χ2v) is 3.43. The van der Waals surface area contributed by atoms with E-state index < -0.39 is 0 Å². The third-order valence-electron chi connectivity index (χ3n) is 1.90. The molecule has 12 heavy (non-hydrogen) atoms. The fourth-order valence-electron chi connectivity index (χ4n) is 1.24. The normalized spacial score (nSPS) is 23.8. The van der Waals surface area contributed by atoms with Gasteiger partial charge in [-0.1, -0.05) is 6.92 Å². The number of rotatable bonds is 3. The third-order valence-corrected chi connectivity index (χ3v) is 2.30. The summed E-state index contributed by atoms with van der Waals surface area (Å²) in [7, 11) is 0. The van der Waals surface area contributed by atoms with E-state index in [0.717, 1.165) is 0 Å². The van der Waals surface area contributed by atoms with Gasteiger partial charge < -0.3 is 0 Å². The molecule has 1 aliphatic heterocycles. The van der Waals surface area contributed by atoms with Crippen LogP contribution in [0.2, 0.25) is 0 Å². The van der Waals surface area contributed by atoms with Crippen molar-refractivity contribution in [3.05, 3.63) is 0 Å². The molecule has 2 amide bonds. The van der Waals surface area contributed by atoms with Gasteiger partial charge in [-0.3, -0.25) is 18.8 Å². The number of hydrogen-bond donors (Lipinski definition) is 1. The van der Waals surface area contributed by atoms with Gasteiger partial charge >= 0.3 is 0 Å². The van der Waals surface area contributed by atoms with Crippen LogP contribution in [0.4, 0.5) is 0 Å². The van der Waals surface area contributed by atoms with E-state index in [9.17, 15) is 9.59 Å². The van der Waals surface area contributed by atoms with Gasteiger partial charge in [0, 0.05) is 41.6 Å². The summed E-state index contributed by atoms with van der Waals surface area (Å²) in [6.07, 6.45) is 0.362. The molecule has 1 saturated heterocycles. The monoisotopic (exact) mass is 234 g/mol. The summed E-state index contributed by atoms with van der Waals surface area (Å²) in [6, 6.07) is 0. The van der Waals surface area contributed by atoms with Gasteiger partial charge in [0.15, 0.2) is 0 Å².